The van der Waals surface area contributed by atoms with E-state index in [9.17, 15) is 4.79 Å². The number of carbonyl (C=O) groups excluding carboxylic acids is 1. The Balaban J connectivity index is 1.14. The van der Waals surface area contributed by atoms with Crippen LogP contribution in [0.1, 0.15) is 70.3 Å². The number of Topliss-reactive ketones (excluding diaryl/α,β-unsaturated/α-hetero) is 1. The summed E-state index contributed by atoms with van der Waals surface area (Å²) < 4.78 is 5.85. The lowest BCUT2D eigenvalue weighted by atomic mass is 9.78. The summed E-state index contributed by atoms with van der Waals surface area (Å²) in [6.07, 6.45) is 13.3. The molecule has 4 rings (SSSR count). The normalized spacial score (nSPS) is 24.5. The van der Waals surface area contributed by atoms with Crippen molar-refractivity contribution >= 4 is 11.6 Å². The van der Waals surface area contributed by atoms with Gasteiger partial charge in [0.2, 0.25) is 0 Å². The van der Waals surface area contributed by atoms with Gasteiger partial charge < -0.3 is 9.64 Å². The van der Waals surface area contributed by atoms with Gasteiger partial charge in [-0.3, -0.25) is 9.69 Å². The van der Waals surface area contributed by atoms with E-state index in [1.54, 1.807) is 0 Å². The Morgan fingerprint density at radius 3 is 2.67 bits per heavy atom. The minimum absolute atomic E-state index is 0.502. The van der Waals surface area contributed by atoms with Gasteiger partial charge in [-0.25, -0.2) is 4.98 Å². The first-order valence-electron chi connectivity index (χ1n) is 12.3. The van der Waals surface area contributed by atoms with Crippen molar-refractivity contribution in [2.24, 2.45) is 11.8 Å². The van der Waals surface area contributed by atoms with E-state index in [0.717, 1.165) is 82.4 Å². The molecular formula is C25H39N3O2. The molecule has 5 nitrogen and oxygen atoms in total. The molecule has 0 bridgehead atoms. The van der Waals surface area contributed by atoms with Crippen LogP contribution >= 0.6 is 0 Å². The van der Waals surface area contributed by atoms with Crippen molar-refractivity contribution in [3.8, 4) is 5.75 Å². The van der Waals surface area contributed by atoms with Gasteiger partial charge in [-0.2, -0.15) is 0 Å². The average Bonchev–Trinajstić information content (AvgIpc) is 3.27. The van der Waals surface area contributed by atoms with Crippen LogP contribution in [0.3, 0.4) is 0 Å². The van der Waals surface area contributed by atoms with Crippen LogP contribution in [0.25, 0.3) is 0 Å². The largest absolute Gasteiger partial charge is 0.489 e. The van der Waals surface area contributed by atoms with Crippen LogP contribution in [0.2, 0.25) is 0 Å². The second-order valence-electron chi connectivity index (χ2n) is 9.57. The Kier molecular flexibility index (Phi) is 7.64. The second-order valence-corrected chi connectivity index (χ2v) is 9.57. The number of pyridine rings is 1. The van der Waals surface area contributed by atoms with Gasteiger partial charge in [0.1, 0.15) is 5.78 Å². The van der Waals surface area contributed by atoms with E-state index in [2.05, 4.69) is 27.8 Å². The van der Waals surface area contributed by atoms with Gasteiger partial charge in [0, 0.05) is 57.2 Å². The molecule has 0 atom stereocenters. The van der Waals surface area contributed by atoms with Gasteiger partial charge in [0.25, 0.3) is 0 Å². The molecule has 2 fully saturated rings. The highest BCUT2D eigenvalue weighted by molar-refractivity contribution is 5.78. The molecule has 166 valence electrons. The minimum atomic E-state index is 0.502. The summed E-state index contributed by atoms with van der Waals surface area (Å²) in [5.74, 6) is 4.10. The lowest BCUT2D eigenvalue weighted by Crippen LogP contribution is -2.47. The van der Waals surface area contributed by atoms with E-state index in [4.69, 9.17) is 4.74 Å². The van der Waals surface area contributed by atoms with Crippen LogP contribution in [0.15, 0.2) is 12.3 Å². The third kappa shape index (κ3) is 5.54. The molecule has 2 aliphatic heterocycles. The second kappa shape index (κ2) is 10.6. The predicted molar refractivity (Wildman–Crippen MR) is 121 cm³/mol. The topological polar surface area (TPSA) is 45.7 Å². The van der Waals surface area contributed by atoms with Gasteiger partial charge in [-0.15, -0.1) is 0 Å². The number of piperazine rings is 1. The summed E-state index contributed by atoms with van der Waals surface area (Å²) >= 11 is 0. The first kappa shape index (κ1) is 21.6. The van der Waals surface area contributed by atoms with Crippen molar-refractivity contribution < 1.29 is 9.53 Å². The number of ketones is 1. The molecule has 0 spiro atoms. The van der Waals surface area contributed by atoms with E-state index in [1.165, 1.54) is 44.2 Å². The molecule has 5 heteroatoms. The van der Waals surface area contributed by atoms with Crippen molar-refractivity contribution in [2.45, 2.75) is 71.1 Å². The third-order valence-corrected chi connectivity index (χ3v) is 7.40. The molecule has 0 unspecified atom stereocenters. The fraction of sp³-hybridized carbons (Fsp3) is 0.760. The van der Waals surface area contributed by atoms with Crippen molar-refractivity contribution in [1.29, 1.82) is 0 Å². The predicted octanol–water partition coefficient (Wildman–Crippen LogP) is 4.48. The molecule has 0 aromatic carbocycles. The number of hydrogen-bond acceptors (Lipinski definition) is 5. The molecule has 1 saturated heterocycles. The quantitative estimate of drug-likeness (QED) is 0.597. The molecular weight excluding hydrogens is 374 g/mol. The molecule has 1 aliphatic carbocycles. The van der Waals surface area contributed by atoms with E-state index in [-0.39, 0.29) is 0 Å². The maximum absolute atomic E-state index is 12.1. The Labute approximate surface area is 182 Å². The lowest BCUT2D eigenvalue weighted by Gasteiger charge is -2.37. The highest BCUT2D eigenvalue weighted by atomic mass is 16.5. The van der Waals surface area contributed by atoms with Crippen molar-refractivity contribution in [3.63, 3.8) is 0 Å². The molecule has 3 aliphatic rings. The van der Waals surface area contributed by atoms with E-state index in [0.29, 0.717) is 11.7 Å². The molecule has 30 heavy (non-hydrogen) atoms. The molecule has 1 aromatic heterocycles. The van der Waals surface area contributed by atoms with Crippen LogP contribution in [-0.4, -0.2) is 55.0 Å². The fourth-order valence-corrected chi connectivity index (χ4v) is 5.39. The Hall–Kier alpha value is -1.62. The number of anilines is 1. The SMILES string of the molecule is CCCCC(=O)CC1CCC(CCN2CCN(c3nccc4c3OCC4)CC2)CC1. The van der Waals surface area contributed by atoms with Crippen LogP contribution in [0.4, 0.5) is 5.82 Å². The summed E-state index contributed by atoms with van der Waals surface area (Å²) in [5, 5.41) is 0. The van der Waals surface area contributed by atoms with Crippen molar-refractivity contribution in [3.05, 3.63) is 17.8 Å². The summed E-state index contributed by atoms with van der Waals surface area (Å²) in [5.41, 5.74) is 1.31. The standard InChI is InChI=1S/C25H39N3O2/c1-2-3-4-23(29)19-21-7-5-20(6-8-21)10-13-27-14-16-28(17-15-27)25-24-22(9-12-26-25)11-18-30-24/h9,12,20-21H,2-8,10-11,13-19H2,1H3. The number of carbonyl (C=O) groups is 1. The monoisotopic (exact) mass is 413 g/mol. The Morgan fingerprint density at radius 1 is 1.13 bits per heavy atom. The number of fused-ring (bicyclic) bond motifs is 1. The van der Waals surface area contributed by atoms with Gasteiger partial charge in [-0.1, -0.05) is 26.2 Å². The maximum atomic E-state index is 12.1. The highest BCUT2D eigenvalue weighted by Gasteiger charge is 2.26. The first-order chi connectivity index (χ1) is 14.7. The van der Waals surface area contributed by atoms with E-state index >= 15 is 0 Å². The van der Waals surface area contributed by atoms with Crippen LogP contribution in [0, 0.1) is 11.8 Å². The zero-order valence-corrected chi connectivity index (χ0v) is 18.8. The smallest absolute Gasteiger partial charge is 0.171 e. The van der Waals surface area contributed by atoms with Gasteiger partial charge in [0.05, 0.1) is 6.61 Å². The van der Waals surface area contributed by atoms with Gasteiger partial charge in [-0.05, 0) is 50.1 Å². The first-order valence-corrected chi connectivity index (χ1v) is 12.3. The number of hydrogen-bond donors (Lipinski definition) is 0. The Bertz CT molecular complexity index is 692. The number of unbranched alkanes of at least 4 members (excludes halogenated alkanes) is 1. The number of rotatable bonds is 9. The fourth-order valence-electron chi connectivity index (χ4n) is 5.39. The molecule has 3 heterocycles. The number of nitrogens with zero attached hydrogens (tertiary/aromatic N) is 3. The minimum Gasteiger partial charge on any atom is -0.489 e. The number of ether oxygens (including phenoxy) is 1. The Morgan fingerprint density at radius 2 is 1.90 bits per heavy atom. The molecule has 1 saturated carbocycles. The van der Waals surface area contributed by atoms with Gasteiger partial charge >= 0.3 is 0 Å². The zero-order valence-electron chi connectivity index (χ0n) is 18.8. The van der Waals surface area contributed by atoms with E-state index < -0.39 is 0 Å². The van der Waals surface area contributed by atoms with Crippen molar-refractivity contribution in [1.82, 2.24) is 9.88 Å². The number of aromatic nitrogens is 1. The summed E-state index contributed by atoms with van der Waals surface area (Å²) in [4.78, 5) is 21.7. The third-order valence-electron chi connectivity index (χ3n) is 7.40. The van der Waals surface area contributed by atoms with Crippen LogP contribution in [0.5, 0.6) is 5.75 Å². The summed E-state index contributed by atoms with van der Waals surface area (Å²) in [7, 11) is 0. The molecule has 1 aromatic rings. The van der Waals surface area contributed by atoms with E-state index in [1.807, 2.05) is 6.20 Å². The van der Waals surface area contributed by atoms with Gasteiger partial charge in [0.15, 0.2) is 11.6 Å². The highest BCUT2D eigenvalue weighted by Crippen LogP contribution is 2.35. The average molecular weight is 414 g/mol. The van der Waals surface area contributed by atoms with Crippen LogP contribution < -0.4 is 9.64 Å². The van der Waals surface area contributed by atoms with Crippen LogP contribution in [-0.2, 0) is 11.2 Å². The molecule has 0 radical (unpaired) electrons. The summed E-state index contributed by atoms with van der Waals surface area (Å²) in [6, 6.07) is 2.10. The van der Waals surface area contributed by atoms with Crippen molar-refractivity contribution in [2.75, 3.05) is 44.2 Å². The summed E-state index contributed by atoms with van der Waals surface area (Å²) in [6.45, 7) is 8.49. The molecule has 0 N–H and O–H groups in total. The molecule has 0 amide bonds. The zero-order chi connectivity index (χ0) is 20.8. The maximum Gasteiger partial charge on any atom is 0.171 e. The lowest BCUT2D eigenvalue weighted by molar-refractivity contribution is -0.120.